The Bertz CT molecular complexity index is 522. The van der Waals surface area contributed by atoms with E-state index in [1.165, 1.54) is 31.2 Å². The van der Waals surface area contributed by atoms with E-state index in [0.717, 1.165) is 18.8 Å². The van der Waals surface area contributed by atoms with Crippen molar-refractivity contribution in [1.29, 1.82) is 0 Å². The first-order valence-corrected chi connectivity index (χ1v) is 8.17. The molecule has 1 fully saturated rings. The summed E-state index contributed by atoms with van der Waals surface area (Å²) >= 11 is 0. The minimum absolute atomic E-state index is 0.184. The Hall–Kier alpha value is -1.14. The zero-order valence-electron chi connectivity index (χ0n) is 11.2. The van der Waals surface area contributed by atoms with Gasteiger partial charge in [0.25, 0.3) is 0 Å². The average molecular weight is 283 g/mol. The molecule has 0 spiro atoms. The van der Waals surface area contributed by atoms with E-state index in [9.17, 15) is 8.42 Å². The van der Waals surface area contributed by atoms with Crippen LogP contribution in [0.5, 0.6) is 0 Å². The van der Waals surface area contributed by atoms with Crippen LogP contribution in [0, 0.1) is 11.8 Å². The maximum Gasteiger partial charge on any atom is 0.240 e. The van der Waals surface area contributed by atoms with Crippen LogP contribution >= 0.6 is 0 Å². The van der Waals surface area contributed by atoms with E-state index in [2.05, 4.69) is 16.6 Å². The van der Waals surface area contributed by atoms with Gasteiger partial charge in [-0.05, 0) is 30.7 Å². The van der Waals surface area contributed by atoms with Crippen LogP contribution in [-0.4, -0.2) is 19.9 Å². The number of aromatic nitrogens is 1. The first-order valence-electron chi connectivity index (χ1n) is 6.68. The molecule has 1 saturated carbocycles. The Morgan fingerprint density at radius 1 is 1.37 bits per heavy atom. The summed E-state index contributed by atoms with van der Waals surface area (Å²) < 4.78 is 26.9. The number of anilines is 1. The molecule has 0 bridgehead atoms. The fourth-order valence-corrected chi connectivity index (χ4v) is 3.58. The van der Waals surface area contributed by atoms with Gasteiger partial charge >= 0.3 is 0 Å². The summed E-state index contributed by atoms with van der Waals surface area (Å²) in [7, 11) is -3.47. The van der Waals surface area contributed by atoms with Gasteiger partial charge in [-0.15, -0.1) is 0 Å². The van der Waals surface area contributed by atoms with Gasteiger partial charge in [-0.2, -0.15) is 0 Å². The number of nitrogens with two attached hydrogens (primary N) is 1. The Morgan fingerprint density at radius 2 is 2.05 bits per heavy atom. The summed E-state index contributed by atoms with van der Waals surface area (Å²) in [5, 5.41) is 0. The highest BCUT2D eigenvalue weighted by Gasteiger charge is 2.21. The molecule has 0 saturated heterocycles. The molecule has 106 valence electrons. The molecule has 6 heteroatoms. The van der Waals surface area contributed by atoms with E-state index >= 15 is 0 Å². The molecule has 1 heterocycles. The van der Waals surface area contributed by atoms with Gasteiger partial charge in [0.15, 0.2) is 0 Å². The molecule has 1 aliphatic rings. The molecule has 1 aromatic rings. The third-order valence-electron chi connectivity index (χ3n) is 3.76. The van der Waals surface area contributed by atoms with Crippen molar-refractivity contribution in [3.05, 3.63) is 18.3 Å². The van der Waals surface area contributed by atoms with Crippen molar-refractivity contribution in [3.63, 3.8) is 0 Å². The second kappa shape index (κ2) is 5.88. The predicted octanol–water partition coefficient (Wildman–Crippen LogP) is 1.77. The Morgan fingerprint density at radius 3 is 2.68 bits per heavy atom. The molecule has 19 heavy (non-hydrogen) atoms. The van der Waals surface area contributed by atoms with Crippen molar-refractivity contribution >= 4 is 15.8 Å². The maximum absolute atomic E-state index is 12.1. The van der Waals surface area contributed by atoms with Gasteiger partial charge in [-0.1, -0.05) is 19.8 Å². The number of nitrogens with one attached hydrogen (secondary N) is 1. The molecule has 5 nitrogen and oxygen atoms in total. The zero-order chi connectivity index (χ0) is 13.9. The van der Waals surface area contributed by atoms with Gasteiger partial charge in [-0.3, -0.25) is 0 Å². The summed E-state index contributed by atoms with van der Waals surface area (Å²) in [5.74, 6) is 1.44. The Balaban J connectivity index is 1.95. The third-order valence-corrected chi connectivity index (χ3v) is 5.18. The fourth-order valence-electron chi connectivity index (χ4n) is 2.44. The van der Waals surface area contributed by atoms with Crippen LogP contribution in [0.15, 0.2) is 23.2 Å². The van der Waals surface area contributed by atoms with Crippen molar-refractivity contribution in [3.8, 4) is 0 Å². The van der Waals surface area contributed by atoms with Gasteiger partial charge in [0, 0.05) is 18.8 Å². The van der Waals surface area contributed by atoms with Crippen LogP contribution in [0.25, 0.3) is 0 Å². The fraction of sp³-hybridized carbons (Fsp3) is 0.615. The monoisotopic (exact) mass is 283 g/mol. The molecular formula is C13H21N3O2S. The standard InChI is InChI=1S/C13H21N3O2S/c1-10-2-4-11(5-3-10)9-16-19(17,18)12-6-7-15-13(14)8-12/h6-8,10-11,16H,2-5,9H2,1H3,(H2,14,15). The lowest BCUT2D eigenvalue weighted by Gasteiger charge is -2.26. The van der Waals surface area contributed by atoms with Crippen LogP contribution in [0.3, 0.4) is 0 Å². The first-order chi connectivity index (χ1) is 8.97. The minimum Gasteiger partial charge on any atom is -0.384 e. The highest BCUT2D eigenvalue weighted by molar-refractivity contribution is 7.89. The third kappa shape index (κ3) is 3.91. The topological polar surface area (TPSA) is 85.1 Å². The molecule has 0 unspecified atom stereocenters. The lowest BCUT2D eigenvalue weighted by molar-refractivity contribution is 0.290. The number of sulfonamides is 1. The smallest absolute Gasteiger partial charge is 0.240 e. The van der Waals surface area contributed by atoms with E-state index in [4.69, 9.17) is 5.73 Å². The molecular weight excluding hydrogens is 262 g/mol. The van der Waals surface area contributed by atoms with Gasteiger partial charge in [0.1, 0.15) is 5.82 Å². The number of nitrogens with zero attached hydrogens (tertiary/aromatic N) is 1. The van der Waals surface area contributed by atoms with E-state index < -0.39 is 10.0 Å². The van der Waals surface area contributed by atoms with Crippen molar-refractivity contribution in [1.82, 2.24) is 9.71 Å². The number of pyridine rings is 1. The SMILES string of the molecule is CC1CCC(CNS(=O)(=O)c2ccnc(N)c2)CC1. The van der Waals surface area contributed by atoms with Crippen LogP contribution in [-0.2, 0) is 10.0 Å². The minimum atomic E-state index is -3.47. The second-order valence-corrected chi connectivity index (χ2v) is 7.16. The highest BCUT2D eigenvalue weighted by atomic mass is 32.2. The lowest BCUT2D eigenvalue weighted by Crippen LogP contribution is -2.31. The van der Waals surface area contributed by atoms with Crippen molar-refractivity contribution < 1.29 is 8.42 Å². The number of nitrogen functional groups attached to an aromatic ring is 1. The van der Waals surface area contributed by atoms with Gasteiger partial charge in [0.2, 0.25) is 10.0 Å². The summed E-state index contributed by atoms with van der Waals surface area (Å²) in [4.78, 5) is 3.98. The Labute approximate surface area is 114 Å². The molecule has 0 atom stereocenters. The number of rotatable bonds is 4. The largest absolute Gasteiger partial charge is 0.384 e. The first kappa shape index (κ1) is 14.3. The quantitative estimate of drug-likeness (QED) is 0.882. The second-order valence-electron chi connectivity index (χ2n) is 5.39. The van der Waals surface area contributed by atoms with E-state index in [-0.39, 0.29) is 10.7 Å². The average Bonchev–Trinajstić information content (AvgIpc) is 2.38. The lowest BCUT2D eigenvalue weighted by atomic mass is 9.83. The molecule has 1 aromatic heterocycles. The molecule has 0 aromatic carbocycles. The normalized spacial score (nSPS) is 24.3. The van der Waals surface area contributed by atoms with Crippen LogP contribution in [0.4, 0.5) is 5.82 Å². The highest BCUT2D eigenvalue weighted by Crippen LogP contribution is 2.28. The number of hydrogen-bond acceptors (Lipinski definition) is 4. The summed E-state index contributed by atoms with van der Waals surface area (Å²) in [6, 6.07) is 2.84. The van der Waals surface area contributed by atoms with Gasteiger partial charge in [0.05, 0.1) is 4.90 Å². The molecule has 0 aliphatic heterocycles. The molecule has 0 amide bonds. The molecule has 0 radical (unpaired) electrons. The summed E-state index contributed by atoms with van der Waals surface area (Å²) in [6.45, 7) is 2.76. The van der Waals surface area contributed by atoms with Gasteiger partial charge < -0.3 is 5.73 Å². The maximum atomic E-state index is 12.1. The van der Waals surface area contributed by atoms with Crippen molar-refractivity contribution in [2.24, 2.45) is 11.8 Å². The molecule has 3 N–H and O–H groups in total. The Kier molecular flexibility index (Phi) is 4.42. The summed E-state index contributed by atoms with van der Waals surface area (Å²) in [6.07, 6.45) is 5.99. The summed E-state index contributed by atoms with van der Waals surface area (Å²) in [5.41, 5.74) is 5.51. The van der Waals surface area contributed by atoms with E-state index in [1.54, 1.807) is 0 Å². The van der Waals surface area contributed by atoms with Crippen molar-refractivity contribution in [2.45, 2.75) is 37.5 Å². The zero-order valence-corrected chi connectivity index (χ0v) is 12.0. The van der Waals surface area contributed by atoms with Crippen LogP contribution < -0.4 is 10.5 Å². The predicted molar refractivity (Wildman–Crippen MR) is 75.0 cm³/mol. The van der Waals surface area contributed by atoms with Gasteiger partial charge in [-0.25, -0.2) is 18.1 Å². The van der Waals surface area contributed by atoms with Crippen LogP contribution in [0.2, 0.25) is 0 Å². The molecule has 2 rings (SSSR count). The molecule has 1 aliphatic carbocycles. The van der Waals surface area contributed by atoms with E-state index in [1.807, 2.05) is 0 Å². The van der Waals surface area contributed by atoms with Crippen molar-refractivity contribution in [2.75, 3.05) is 12.3 Å². The van der Waals surface area contributed by atoms with Crippen LogP contribution in [0.1, 0.15) is 32.6 Å². The van der Waals surface area contributed by atoms with E-state index in [0.29, 0.717) is 12.5 Å². The number of hydrogen-bond donors (Lipinski definition) is 2.